The summed E-state index contributed by atoms with van der Waals surface area (Å²) in [5.74, 6) is 0.714. The Hall–Kier alpha value is -0.480. The summed E-state index contributed by atoms with van der Waals surface area (Å²) in [6.45, 7) is 0. The van der Waals surface area contributed by atoms with Gasteiger partial charge in [0.05, 0.1) is 0 Å². The first kappa shape index (κ1) is 11.0. The van der Waals surface area contributed by atoms with Gasteiger partial charge in [0, 0.05) is 23.7 Å². The van der Waals surface area contributed by atoms with Crippen molar-refractivity contribution in [3.8, 4) is 0 Å². The number of hydrogen-bond acceptors (Lipinski definition) is 4. The molecule has 0 saturated heterocycles. The predicted octanol–water partition coefficient (Wildman–Crippen LogP) is 2.83. The molecule has 2 rings (SSSR count). The minimum atomic E-state index is 0.463. The summed E-state index contributed by atoms with van der Waals surface area (Å²) < 4.78 is 0. The van der Waals surface area contributed by atoms with E-state index in [2.05, 4.69) is 21.5 Å². The smallest absolute Gasteiger partial charge is 0.171 e. The summed E-state index contributed by atoms with van der Waals surface area (Å²) in [5.41, 5.74) is 0. The van der Waals surface area contributed by atoms with Gasteiger partial charge in [-0.05, 0) is 25.5 Å². The molecular weight excluding hydrogens is 230 g/mol. The van der Waals surface area contributed by atoms with Crippen LogP contribution in [0.25, 0.3) is 0 Å². The van der Waals surface area contributed by atoms with Crippen LogP contribution in [-0.4, -0.2) is 27.5 Å². The van der Waals surface area contributed by atoms with E-state index in [1.807, 2.05) is 11.8 Å². The fourth-order valence-electron chi connectivity index (χ4n) is 1.90. The highest BCUT2D eigenvalue weighted by Crippen LogP contribution is 2.30. The Bertz CT molecular complexity index is 334. The van der Waals surface area contributed by atoms with Gasteiger partial charge in [-0.1, -0.05) is 11.6 Å². The van der Waals surface area contributed by atoms with Crippen LogP contribution in [0.15, 0.2) is 12.4 Å². The van der Waals surface area contributed by atoms with Crippen molar-refractivity contribution in [2.75, 3.05) is 11.6 Å². The second-order valence-corrected chi connectivity index (χ2v) is 5.20. The zero-order chi connectivity index (χ0) is 10.7. The molecule has 0 bridgehead atoms. The molecule has 0 amide bonds. The molecule has 15 heavy (non-hydrogen) atoms. The molecule has 2 unspecified atom stereocenters. The molecule has 2 atom stereocenters. The van der Waals surface area contributed by atoms with Gasteiger partial charge in [-0.2, -0.15) is 11.8 Å². The lowest BCUT2D eigenvalue weighted by Gasteiger charge is -2.13. The van der Waals surface area contributed by atoms with Crippen molar-refractivity contribution >= 4 is 29.2 Å². The molecule has 0 spiro atoms. The molecule has 1 aromatic heterocycles. The lowest BCUT2D eigenvalue weighted by molar-refractivity contribution is 0.751. The van der Waals surface area contributed by atoms with E-state index >= 15 is 0 Å². The summed E-state index contributed by atoms with van der Waals surface area (Å²) in [5, 5.41) is 4.59. The first-order valence-electron chi connectivity index (χ1n) is 5.05. The molecule has 1 aliphatic rings. The molecular formula is C10H14ClN3S. The van der Waals surface area contributed by atoms with Crippen molar-refractivity contribution < 1.29 is 0 Å². The third-order valence-corrected chi connectivity index (χ3v) is 4.08. The molecule has 0 aromatic carbocycles. The van der Waals surface area contributed by atoms with E-state index in [0.29, 0.717) is 17.0 Å². The van der Waals surface area contributed by atoms with E-state index < -0.39 is 0 Å². The average Bonchev–Trinajstić information content (AvgIpc) is 2.69. The molecule has 1 saturated carbocycles. The number of halogens is 1. The first-order chi connectivity index (χ1) is 7.29. The summed E-state index contributed by atoms with van der Waals surface area (Å²) in [7, 11) is 0. The van der Waals surface area contributed by atoms with Crippen LogP contribution in [0, 0.1) is 0 Å². The highest BCUT2D eigenvalue weighted by molar-refractivity contribution is 7.99. The van der Waals surface area contributed by atoms with Gasteiger partial charge in [-0.3, -0.25) is 0 Å². The minimum Gasteiger partial charge on any atom is -0.365 e. The van der Waals surface area contributed by atoms with Crippen LogP contribution in [0.3, 0.4) is 0 Å². The number of rotatable bonds is 3. The Kier molecular flexibility index (Phi) is 3.70. The normalized spacial score (nSPS) is 25.5. The largest absolute Gasteiger partial charge is 0.365 e. The highest BCUT2D eigenvalue weighted by atomic mass is 35.5. The Morgan fingerprint density at radius 1 is 1.40 bits per heavy atom. The zero-order valence-electron chi connectivity index (χ0n) is 8.61. The van der Waals surface area contributed by atoms with Gasteiger partial charge in [-0.25, -0.2) is 9.97 Å². The van der Waals surface area contributed by atoms with Crippen LogP contribution in [0.2, 0.25) is 5.15 Å². The molecule has 5 heteroatoms. The van der Waals surface area contributed by atoms with Crippen molar-refractivity contribution in [1.82, 2.24) is 9.97 Å². The molecule has 1 fully saturated rings. The SMILES string of the molecule is CSC1CCC(Nc2nccnc2Cl)C1. The summed E-state index contributed by atoms with van der Waals surface area (Å²) >= 11 is 7.87. The number of nitrogens with zero attached hydrogens (tertiary/aromatic N) is 2. The number of thioether (sulfide) groups is 1. The third kappa shape index (κ3) is 2.75. The Morgan fingerprint density at radius 2 is 2.20 bits per heavy atom. The molecule has 1 aliphatic carbocycles. The van der Waals surface area contributed by atoms with Gasteiger partial charge in [0.25, 0.3) is 0 Å². The van der Waals surface area contributed by atoms with Gasteiger partial charge in [-0.15, -0.1) is 0 Å². The first-order valence-corrected chi connectivity index (χ1v) is 6.72. The quantitative estimate of drug-likeness (QED) is 0.886. The number of nitrogens with one attached hydrogen (secondary N) is 1. The van der Waals surface area contributed by atoms with Gasteiger partial charge >= 0.3 is 0 Å². The predicted molar refractivity (Wildman–Crippen MR) is 65.6 cm³/mol. The van der Waals surface area contributed by atoms with Gasteiger partial charge in [0.15, 0.2) is 11.0 Å². The van der Waals surface area contributed by atoms with Crippen LogP contribution in [0.5, 0.6) is 0 Å². The van der Waals surface area contributed by atoms with E-state index in [-0.39, 0.29) is 0 Å². The standard InChI is InChI=1S/C10H14ClN3S/c1-15-8-3-2-7(6-8)14-10-9(11)12-4-5-13-10/h4-5,7-8H,2-3,6H2,1H3,(H,13,14). The Balaban J connectivity index is 1.96. The van der Waals surface area contributed by atoms with Crippen molar-refractivity contribution in [3.05, 3.63) is 17.5 Å². The minimum absolute atomic E-state index is 0.463. The van der Waals surface area contributed by atoms with E-state index in [4.69, 9.17) is 11.6 Å². The van der Waals surface area contributed by atoms with Crippen LogP contribution >= 0.6 is 23.4 Å². The fraction of sp³-hybridized carbons (Fsp3) is 0.600. The maximum absolute atomic E-state index is 5.93. The maximum atomic E-state index is 5.93. The molecule has 0 radical (unpaired) electrons. The zero-order valence-corrected chi connectivity index (χ0v) is 10.2. The van der Waals surface area contributed by atoms with Gasteiger partial charge < -0.3 is 5.32 Å². The molecule has 1 heterocycles. The topological polar surface area (TPSA) is 37.8 Å². The second kappa shape index (κ2) is 5.03. The summed E-state index contributed by atoms with van der Waals surface area (Å²) in [6, 6.07) is 0.497. The molecule has 0 aliphatic heterocycles. The second-order valence-electron chi connectivity index (χ2n) is 3.71. The monoisotopic (exact) mass is 243 g/mol. The molecule has 1 N–H and O–H groups in total. The Morgan fingerprint density at radius 3 is 2.87 bits per heavy atom. The number of aromatic nitrogens is 2. The summed E-state index contributed by atoms with van der Waals surface area (Å²) in [4.78, 5) is 8.18. The van der Waals surface area contributed by atoms with Crippen LogP contribution in [-0.2, 0) is 0 Å². The molecule has 1 aromatic rings. The molecule has 82 valence electrons. The van der Waals surface area contributed by atoms with E-state index in [1.54, 1.807) is 12.4 Å². The summed E-state index contributed by atoms with van der Waals surface area (Å²) in [6.07, 6.45) is 9.09. The Labute approximate surface area is 99.0 Å². The van der Waals surface area contributed by atoms with Crippen molar-refractivity contribution in [1.29, 1.82) is 0 Å². The van der Waals surface area contributed by atoms with E-state index in [0.717, 1.165) is 5.25 Å². The lowest BCUT2D eigenvalue weighted by atomic mass is 10.2. The van der Waals surface area contributed by atoms with Gasteiger partial charge in [0.2, 0.25) is 0 Å². The van der Waals surface area contributed by atoms with Crippen molar-refractivity contribution in [2.24, 2.45) is 0 Å². The fourth-order valence-corrected chi connectivity index (χ4v) is 2.85. The van der Waals surface area contributed by atoms with Crippen LogP contribution < -0.4 is 5.32 Å². The highest BCUT2D eigenvalue weighted by Gasteiger charge is 2.24. The third-order valence-electron chi connectivity index (χ3n) is 2.71. The van der Waals surface area contributed by atoms with Gasteiger partial charge in [0.1, 0.15) is 0 Å². The number of hydrogen-bond donors (Lipinski definition) is 1. The maximum Gasteiger partial charge on any atom is 0.171 e. The van der Waals surface area contributed by atoms with E-state index in [9.17, 15) is 0 Å². The van der Waals surface area contributed by atoms with Crippen molar-refractivity contribution in [2.45, 2.75) is 30.6 Å². The lowest BCUT2D eigenvalue weighted by Crippen LogP contribution is -2.17. The van der Waals surface area contributed by atoms with Crippen LogP contribution in [0.4, 0.5) is 5.82 Å². The average molecular weight is 244 g/mol. The van der Waals surface area contributed by atoms with E-state index in [1.165, 1.54) is 19.3 Å². The van der Waals surface area contributed by atoms with Crippen molar-refractivity contribution in [3.63, 3.8) is 0 Å². The molecule has 3 nitrogen and oxygen atoms in total. The van der Waals surface area contributed by atoms with Crippen LogP contribution in [0.1, 0.15) is 19.3 Å². The number of anilines is 1.